The number of rotatable bonds is 4. The fourth-order valence-electron chi connectivity index (χ4n) is 5.74. The molecule has 6 heteroatoms. The van der Waals surface area contributed by atoms with E-state index < -0.39 is 11.4 Å². The molecule has 0 saturated heterocycles. The average molecular weight is 479 g/mol. The van der Waals surface area contributed by atoms with Gasteiger partial charge in [0.15, 0.2) is 11.0 Å². The quantitative estimate of drug-likeness (QED) is 0.411. The van der Waals surface area contributed by atoms with Crippen LogP contribution in [0.2, 0.25) is 0 Å². The van der Waals surface area contributed by atoms with Crippen molar-refractivity contribution in [1.82, 2.24) is 4.90 Å². The van der Waals surface area contributed by atoms with Gasteiger partial charge < -0.3 is 14.2 Å². The summed E-state index contributed by atoms with van der Waals surface area (Å²) in [5.41, 5.74) is 2.91. The number of para-hydroxylation sites is 1. The van der Waals surface area contributed by atoms with Gasteiger partial charge in [-0.25, -0.2) is 0 Å². The van der Waals surface area contributed by atoms with Gasteiger partial charge in [-0.3, -0.25) is 14.4 Å². The lowest BCUT2D eigenvalue weighted by Gasteiger charge is -2.34. The molecular weight excluding hydrogens is 452 g/mol. The minimum Gasteiger partial charge on any atom is -0.450 e. The smallest absolute Gasteiger partial charge is 0.291 e. The Morgan fingerprint density at radius 3 is 2.44 bits per heavy atom. The molecule has 1 spiro atoms. The molecule has 36 heavy (non-hydrogen) atoms. The van der Waals surface area contributed by atoms with E-state index in [1.807, 2.05) is 75.4 Å². The van der Waals surface area contributed by atoms with Gasteiger partial charge in [0.05, 0.1) is 23.2 Å². The van der Waals surface area contributed by atoms with Crippen LogP contribution in [0.1, 0.15) is 51.7 Å². The summed E-state index contributed by atoms with van der Waals surface area (Å²) in [6.07, 6.45) is 0.627. The van der Waals surface area contributed by atoms with E-state index in [0.717, 1.165) is 16.7 Å². The zero-order valence-electron chi connectivity index (χ0n) is 20.5. The highest BCUT2D eigenvalue weighted by molar-refractivity contribution is 6.17. The van der Waals surface area contributed by atoms with Gasteiger partial charge in [0.25, 0.3) is 11.8 Å². The van der Waals surface area contributed by atoms with E-state index >= 15 is 0 Å². The van der Waals surface area contributed by atoms with Crippen LogP contribution in [0.3, 0.4) is 0 Å². The highest BCUT2D eigenvalue weighted by Gasteiger charge is 2.64. The number of carbonyl (C=O) groups is 2. The van der Waals surface area contributed by atoms with Crippen molar-refractivity contribution < 1.29 is 14.0 Å². The third-order valence-electron chi connectivity index (χ3n) is 7.43. The number of aryl methyl sites for hydroxylation is 2. The first-order valence-corrected chi connectivity index (χ1v) is 12.3. The summed E-state index contributed by atoms with van der Waals surface area (Å²) < 4.78 is 6.09. The fraction of sp³-hybridized carbons (Fsp3) is 0.233. The van der Waals surface area contributed by atoms with Crippen molar-refractivity contribution in [2.75, 3.05) is 11.4 Å². The Morgan fingerprint density at radius 2 is 1.67 bits per heavy atom. The minimum absolute atomic E-state index is 0.0364. The van der Waals surface area contributed by atoms with Crippen LogP contribution in [0.4, 0.5) is 5.69 Å². The second-order valence-electron chi connectivity index (χ2n) is 9.64. The summed E-state index contributed by atoms with van der Waals surface area (Å²) in [5.74, 6) is -0.759. The molecule has 180 valence electrons. The summed E-state index contributed by atoms with van der Waals surface area (Å²) in [4.78, 5) is 45.8. The number of hydrogen-bond donors (Lipinski definition) is 0. The first kappa shape index (κ1) is 22.3. The lowest BCUT2D eigenvalue weighted by Crippen LogP contribution is -2.53. The average Bonchev–Trinajstić information content (AvgIpc) is 3.26. The predicted octanol–water partition coefficient (Wildman–Crippen LogP) is 5.07. The van der Waals surface area contributed by atoms with Gasteiger partial charge in [0.1, 0.15) is 5.58 Å². The Bertz CT molecular complexity index is 1640. The van der Waals surface area contributed by atoms with Gasteiger partial charge in [-0.05, 0) is 49.6 Å². The van der Waals surface area contributed by atoms with Gasteiger partial charge in [-0.1, -0.05) is 61.0 Å². The second-order valence-corrected chi connectivity index (χ2v) is 9.64. The summed E-state index contributed by atoms with van der Waals surface area (Å²) in [5, 5.41) is 0.377. The predicted molar refractivity (Wildman–Crippen MR) is 138 cm³/mol. The number of amides is 2. The van der Waals surface area contributed by atoms with Crippen LogP contribution in [-0.4, -0.2) is 23.3 Å². The largest absolute Gasteiger partial charge is 0.450 e. The SMILES string of the molecule is CCCN1C(=O)c2oc3ccc(C)cc3c(=O)c2C12C(=O)N(Cc1ccccc1C)c1ccccc12. The van der Waals surface area contributed by atoms with Crippen LogP contribution in [0.15, 0.2) is 75.9 Å². The summed E-state index contributed by atoms with van der Waals surface area (Å²) in [7, 11) is 0. The van der Waals surface area contributed by atoms with E-state index in [2.05, 4.69) is 0 Å². The summed E-state index contributed by atoms with van der Waals surface area (Å²) >= 11 is 0. The van der Waals surface area contributed by atoms with Crippen LogP contribution < -0.4 is 10.3 Å². The lowest BCUT2D eigenvalue weighted by atomic mass is 9.84. The topological polar surface area (TPSA) is 70.8 Å². The van der Waals surface area contributed by atoms with E-state index in [1.54, 1.807) is 21.9 Å². The molecule has 0 aliphatic carbocycles. The van der Waals surface area contributed by atoms with Crippen LogP contribution in [-0.2, 0) is 16.9 Å². The van der Waals surface area contributed by atoms with Gasteiger partial charge in [-0.2, -0.15) is 0 Å². The maximum Gasteiger partial charge on any atom is 0.291 e. The molecule has 2 amide bonds. The molecule has 2 aliphatic rings. The first-order valence-electron chi connectivity index (χ1n) is 12.3. The van der Waals surface area contributed by atoms with Crippen molar-refractivity contribution in [2.45, 2.75) is 39.3 Å². The summed E-state index contributed by atoms with van der Waals surface area (Å²) in [6, 6.07) is 20.7. The zero-order valence-corrected chi connectivity index (χ0v) is 20.5. The molecule has 0 bridgehead atoms. The molecule has 3 heterocycles. The standard InChI is InChI=1S/C30H26N2O4/c1-4-15-32-28(34)27-25(26(33)21-16-18(2)13-14-24(21)36-27)30(32)22-11-7-8-12-23(22)31(29(30)35)17-20-10-6-5-9-19(20)3/h5-14,16H,4,15,17H2,1-3H3. The highest BCUT2D eigenvalue weighted by Crippen LogP contribution is 2.53. The molecule has 1 atom stereocenters. The molecular formula is C30H26N2O4. The molecule has 0 saturated carbocycles. The molecule has 1 aromatic heterocycles. The Hall–Kier alpha value is -4.19. The third-order valence-corrected chi connectivity index (χ3v) is 7.43. The Morgan fingerprint density at radius 1 is 0.917 bits per heavy atom. The van der Waals surface area contributed by atoms with Crippen LogP contribution in [0.25, 0.3) is 11.0 Å². The van der Waals surface area contributed by atoms with E-state index in [0.29, 0.717) is 41.7 Å². The normalized spacial score (nSPS) is 18.4. The number of hydrogen-bond acceptors (Lipinski definition) is 4. The number of fused-ring (bicyclic) bond motifs is 5. The Kier molecular flexibility index (Phi) is 4.90. The molecule has 0 fully saturated rings. The number of anilines is 1. The Balaban J connectivity index is 1.67. The van der Waals surface area contributed by atoms with Crippen LogP contribution in [0, 0.1) is 13.8 Å². The number of benzene rings is 3. The molecule has 0 radical (unpaired) electrons. The van der Waals surface area contributed by atoms with Crippen LogP contribution in [0.5, 0.6) is 0 Å². The molecule has 4 aromatic rings. The van der Waals surface area contributed by atoms with Crippen molar-refractivity contribution in [1.29, 1.82) is 0 Å². The van der Waals surface area contributed by atoms with E-state index in [9.17, 15) is 14.4 Å². The van der Waals surface area contributed by atoms with E-state index in [1.165, 1.54) is 0 Å². The summed E-state index contributed by atoms with van der Waals surface area (Å²) in [6.45, 7) is 6.52. The highest BCUT2D eigenvalue weighted by atomic mass is 16.3. The molecule has 6 nitrogen and oxygen atoms in total. The van der Waals surface area contributed by atoms with Crippen molar-refractivity contribution in [3.05, 3.63) is 111 Å². The van der Waals surface area contributed by atoms with Crippen molar-refractivity contribution in [3.8, 4) is 0 Å². The van der Waals surface area contributed by atoms with Gasteiger partial charge in [0.2, 0.25) is 5.76 Å². The molecule has 3 aromatic carbocycles. The molecule has 6 rings (SSSR count). The fourth-order valence-corrected chi connectivity index (χ4v) is 5.74. The number of nitrogens with zero attached hydrogens (tertiary/aromatic N) is 2. The maximum absolute atomic E-state index is 14.6. The Labute approximate surface area is 208 Å². The van der Waals surface area contributed by atoms with Gasteiger partial charge in [-0.15, -0.1) is 0 Å². The number of carbonyl (C=O) groups excluding carboxylic acids is 2. The molecule has 2 aliphatic heterocycles. The van der Waals surface area contributed by atoms with Crippen molar-refractivity contribution >= 4 is 28.5 Å². The second kappa shape index (κ2) is 7.92. The molecule has 0 N–H and O–H groups in total. The van der Waals surface area contributed by atoms with Gasteiger partial charge >= 0.3 is 0 Å². The van der Waals surface area contributed by atoms with Gasteiger partial charge in [0, 0.05) is 12.1 Å². The zero-order chi connectivity index (χ0) is 25.2. The van der Waals surface area contributed by atoms with Crippen molar-refractivity contribution in [2.24, 2.45) is 0 Å². The van der Waals surface area contributed by atoms with E-state index in [-0.39, 0.29) is 22.7 Å². The monoisotopic (exact) mass is 478 g/mol. The van der Waals surface area contributed by atoms with Crippen molar-refractivity contribution in [3.63, 3.8) is 0 Å². The lowest BCUT2D eigenvalue weighted by molar-refractivity contribution is -0.126. The van der Waals surface area contributed by atoms with Crippen LogP contribution >= 0.6 is 0 Å². The first-order chi connectivity index (χ1) is 17.4. The third kappa shape index (κ3) is 2.81. The molecule has 1 unspecified atom stereocenters. The minimum atomic E-state index is -1.56. The van der Waals surface area contributed by atoms with E-state index in [4.69, 9.17) is 4.42 Å². The maximum atomic E-state index is 14.6.